The van der Waals surface area contributed by atoms with E-state index in [0.717, 1.165) is 16.8 Å². The molecule has 0 fully saturated rings. The smallest absolute Gasteiger partial charge is 0.274 e. The van der Waals surface area contributed by atoms with Gasteiger partial charge in [-0.05, 0) is 36.8 Å². The fourth-order valence-electron chi connectivity index (χ4n) is 3.23. The highest BCUT2D eigenvalue weighted by Gasteiger charge is 2.21. The molecule has 0 aliphatic rings. The molecule has 2 aromatic heterocycles. The van der Waals surface area contributed by atoms with Crippen LogP contribution in [0.25, 0.3) is 17.1 Å². The molecule has 9 nitrogen and oxygen atoms in total. The molecular formula is C22H18N6O3S. The molecule has 2 aromatic carbocycles. The number of pyridine rings is 1. The van der Waals surface area contributed by atoms with Gasteiger partial charge in [0.25, 0.3) is 5.69 Å². The number of primary amides is 1. The number of aryl methyl sites for hydroxylation is 1. The average molecular weight is 446 g/mol. The highest BCUT2D eigenvalue weighted by molar-refractivity contribution is 7.98. The van der Waals surface area contributed by atoms with Crippen molar-refractivity contribution in [2.45, 2.75) is 17.8 Å². The number of benzene rings is 2. The van der Waals surface area contributed by atoms with Crippen molar-refractivity contribution in [1.29, 1.82) is 0 Å². The molecule has 4 aromatic rings. The van der Waals surface area contributed by atoms with E-state index in [1.165, 1.54) is 23.9 Å². The minimum absolute atomic E-state index is 0.0902. The maximum Gasteiger partial charge on any atom is 0.274 e. The second-order valence-electron chi connectivity index (χ2n) is 6.92. The Morgan fingerprint density at radius 2 is 1.97 bits per heavy atom. The molecule has 0 aliphatic carbocycles. The SMILES string of the molecule is Cc1ccccc1-n1c(SCc2ccc(C(N)=O)cc2[N+](=O)[O-])nnc1-c1cccnc1. The van der Waals surface area contributed by atoms with Crippen molar-refractivity contribution < 1.29 is 9.72 Å². The van der Waals surface area contributed by atoms with Crippen LogP contribution >= 0.6 is 11.8 Å². The van der Waals surface area contributed by atoms with Crippen molar-refractivity contribution in [2.75, 3.05) is 0 Å². The van der Waals surface area contributed by atoms with Gasteiger partial charge in [-0.1, -0.05) is 36.0 Å². The van der Waals surface area contributed by atoms with Crippen LogP contribution in [-0.2, 0) is 5.75 Å². The fourth-order valence-corrected chi connectivity index (χ4v) is 4.17. The van der Waals surface area contributed by atoms with Crippen LogP contribution in [0.5, 0.6) is 0 Å². The van der Waals surface area contributed by atoms with Gasteiger partial charge in [0.2, 0.25) is 5.91 Å². The third-order valence-corrected chi connectivity index (χ3v) is 5.81. The molecule has 0 saturated carbocycles. The van der Waals surface area contributed by atoms with Crippen molar-refractivity contribution >= 4 is 23.4 Å². The second-order valence-corrected chi connectivity index (χ2v) is 7.87. The minimum Gasteiger partial charge on any atom is -0.366 e. The number of aromatic nitrogens is 4. The van der Waals surface area contributed by atoms with Crippen LogP contribution in [0, 0.1) is 17.0 Å². The van der Waals surface area contributed by atoms with Crippen molar-refractivity contribution in [3.8, 4) is 17.1 Å². The zero-order chi connectivity index (χ0) is 22.7. The van der Waals surface area contributed by atoms with Crippen LogP contribution in [-0.4, -0.2) is 30.6 Å². The van der Waals surface area contributed by atoms with E-state index in [1.807, 2.05) is 47.9 Å². The number of carbonyl (C=O) groups excluding carboxylic acids is 1. The predicted octanol–water partition coefficient (Wildman–Crippen LogP) is 3.94. The summed E-state index contributed by atoms with van der Waals surface area (Å²) in [5.41, 5.74) is 8.36. The molecule has 0 bridgehead atoms. The summed E-state index contributed by atoms with van der Waals surface area (Å²) in [5, 5.41) is 20.8. The first-order valence-corrected chi connectivity index (χ1v) is 10.6. The number of nitro benzene ring substituents is 1. The van der Waals surface area contributed by atoms with Gasteiger partial charge in [-0.25, -0.2) is 0 Å². The molecule has 0 radical (unpaired) electrons. The first-order valence-electron chi connectivity index (χ1n) is 9.57. The zero-order valence-electron chi connectivity index (χ0n) is 17.0. The summed E-state index contributed by atoms with van der Waals surface area (Å²) in [5.74, 6) is 0.160. The molecule has 1 amide bonds. The first-order chi connectivity index (χ1) is 15.5. The Balaban J connectivity index is 1.74. The van der Waals surface area contributed by atoms with Gasteiger partial charge in [-0.2, -0.15) is 0 Å². The van der Waals surface area contributed by atoms with Gasteiger partial charge in [0.1, 0.15) is 0 Å². The third-order valence-electron chi connectivity index (χ3n) is 4.83. The number of carbonyl (C=O) groups is 1. The molecule has 4 rings (SSSR count). The Labute approximate surface area is 187 Å². The third kappa shape index (κ3) is 4.21. The molecule has 0 atom stereocenters. The van der Waals surface area contributed by atoms with E-state index in [2.05, 4.69) is 15.2 Å². The number of nitrogens with zero attached hydrogens (tertiary/aromatic N) is 5. The number of hydrogen-bond donors (Lipinski definition) is 1. The van der Waals surface area contributed by atoms with E-state index in [4.69, 9.17) is 5.73 Å². The Morgan fingerprint density at radius 3 is 2.66 bits per heavy atom. The molecule has 2 heterocycles. The normalized spacial score (nSPS) is 10.8. The van der Waals surface area contributed by atoms with Gasteiger partial charge in [0, 0.05) is 40.9 Å². The van der Waals surface area contributed by atoms with E-state index >= 15 is 0 Å². The molecule has 0 unspecified atom stereocenters. The van der Waals surface area contributed by atoms with Crippen molar-refractivity contribution in [3.63, 3.8) is 0 Å². The van der Waals surface area contributed by atoms with Crippen LogP contribution in [0.4, 0.5) is 5.69 Å². The Bertz CT molecular complexity index is 1310. The summed E-state index contributed by atoms with van der Waals surface area (Å²) >= 11 is 1.31. The molecule has 2 N–H and O–H groups in total. The number of thioether (sulfide) groups is 1. The van der Waals surface area contributed by atoms with Crippen molar-refractivity contribution in [3.05, 3.63) is 93.8 Å². The van der Waals surface area contributed by atoms with E-state index in [1.54, 1.807) is 18.5 Å². The monoisotopic (exact) mass is 446 g/mol. The van der Waals surface area contributed by atoms with Gasteiger partial charge >= 0.3 is 0 Å². The number of nitro groups is 1. The summed E-state index contributed by atoms with van der Waals surface area (Å²) in [6, 6.07) is 15.8. The molecule has 0 aliphatic heterocycles. The van der Waals surface area contributed by atoms with Gasteiger partial charge in [0.15, 0.2) is 11.0 Å². The molecule has 32 heavy (non-hydrogen) atoms. The average Bonchev–Trinajstić information content (AvgIpc) is 3.22. The lowest BCUT2D eigenvalue weighted by Gasteiger charge is -2.13. The van der Waals surface area contributed by atoms with Crippen LogP contribution < -0.4 is 5.73 Å². The lowest BCUT2D eigenvalue weighted by atomic mass is 10.1. The number of hydrogen-bond acceptors (Lipinski definition) is 7. The Hall–Kier alpha value is -4.05. The van der Waals surface area contributed by atoms with Gasteiger partial charge in [-0.15, -0.1) is 10.2 Å². The van der Waals surface area contributed by atoms with Crippen molar-refractivity contribution in [2.24, 2.45) is 5.73 Å². The Kier molecular flexibility index (Phi) is 5.95. The molecular weight excluding hydrogens is 428 g/mol. The van der Waals surface area contributed by atoms with E-state index in [0.29, 0.717) is 16.5 Å². The first kappa shape index (κ1) is 21.2. The van der Waals surface area contributed by atoms with Gasteiger partial charge < -0.3 is 5.73 Å². The van der Waals surface area contributed by atoms with Crippen LogP contribution in [0.2, 0.25) is 0 Å². The van der Waals surface area contributed by atoms with Gasteiger partial charge in [-0.3, -0.25) is 24.5 Å². The molecule has 10 heteroatoms. The van der Waals surface area contributed by atoms with E-state index in [-0.39, 0.29) is 17.0 Å². The Morgan fingerprint density at radius 1 is 1.16 bits per heavy atom. The van der Waals surface area contributed by atoms with E-state index < -0.39 is 10.8 Å². The maximum atomic E-state index is 11.5. The largest absolute Gasteiger partial charge is 0.366 e. The molecule has 0 spiro atoms. The highest BCUT2D eigenvalue weighted by Crippen LogP contribution is 2.33. The second kappa shape index (κ2) is 8.98. The molecule has 0 saturated heterocycles. The quantitative estimate of drug-likeness (QED) is 0.258. The topological polar surface area (TPSA) is 130 Å². The maximum absolute atomic E-state index is 11.5. The summed E-state index contributed by atoms with van der Waals surface area (Å²) in [7, 11) is 0. The summed E-state index contributed by atoms with van der Waals surface area (Å²) in [6.07, 6.45) is 3.39. The lowest BCUT2D eigenvalue weighted by Crippen LogP contribution is -2.11. The van der Waals surface area contributed by atoms with Crippen LogP contribution in [0.15, 0.2) is 72.1 Å². The predicted molar refractivity (Wildman–Crippen MR) is 121 cm³/mol. The lowest BCUT2D eigenvalue weighted by molar-refractivity contribution is -0.385. The standard InChI is InChI=1S/C22H18N6O3S/c1-14-5-2-3-7-18(14)27-21(16-6-4-10-24-12-16)25-26-22(27)32-13-17-9-8-15(20(23)29)11-19(17)28(30)31/h2-12H,13H2,1H3,(H2,23,29). The zero-order valence-corrected chi connectivity index (χ0v) is 17.8. The number of nitrogens with two attached hydrogens (primary N) is 1. The minimum atomic E-state index is -0.715. The highest BCUT2D eigenvalue weighted by atomic mass is 32.2. The number of para-hydroxylation sites is 1. The van der Waals surface area contributed by atoms with Crippen LogP contribution in [0.3, 0.4) is 0 Å². The van der Waals surface area contributed by atoms with Gasteiger partial charge in [0.05, 0.1) is 10.6 Å². The summed E-state index contributed by atoms with van der Waals surface area (Å²) < 4.78 is 1.92. The van der Waals surface area contributed by atoms with E-state index in [9.17, 15) is 14.9 Å². The molecule has 160 valence electrons. The fraction of sp³-hybridized carbons (Fsp3) is 0.0909. The summed E-state index contributed by atoms with van der Waals surface area (Å²) in [6.45, 7) is 1.99. The number of rotatable bonds is 7. The van der Waals surface area contributed by atoms with Crippen molar-refractivity contribution in [1.82, 2.24) is 19.7 Å². The number of amides is 1. The van der Waals surface area contributed by atoms with Crippen LogP contribution in [0.1, 0.15) is 21.5 Å². The summed E-state index contributed by atoms with van der Waals surface area (Å²) in [4.78, 5) is 26.6.